The number of rotatable bonds is 5. The van der Waals surface area contributed by atoms with Crippen LogP contribution in [0.25, 0.3) is 21.8 Å². The van der Waals surface area contributed by atoms with Gasteiger partial charge in [-0.15, -0.1) is 0 Å². The highest BCUT2D eigenvalue weighted by Crippen LogP contribution is 2.36. The Kier molecular flexibility index (Phi) is 5.02. The van der Waals surface area contributed by atoms with Gasteiger partial charge in [-0.1, -0.05) is 25.4 Å². The average molecular weight is 390 g/mol. The summed E-state index contributed by atoms with van der Waals surface area (Å²) in [4.78, 5) is 24.7. The van der Waals surface area contributed by atoms with Gasteiger partial charge in [0.1, 0.15) is 12.3 Å². The Hall–Kier alpha value is -2.73. The Labute approximate surface area is 160 Å². The van der Waals surface area contributed by atoms with Crippen molar-refractivity contribution in [3.05, 3.63) is 45.1 Å². The second kappa shape index (κ2) is 7.12. The van der Waals surface area contributed by atoms with Crippen molar-refractivity contribution in [1.29, 1.82) is 0 Å². The molecule has 3 rings (SSSR count). The molecule has 27 heavy (non-hydrogen) atoms. The second-order valence-corrected chi connectivity index (χ2v) is 6.96. The van der Waals surface area contributed by atoms with E-state index < -0.39 is 5.97 Å². The van der Waals surface area contributed by atoms with E-state index in [0.717, 1.165) is 5.56 Å². The van der Waals surface area contributed by atoms with Gasteiger partial charge in [-0.3, -0.25) is 9.59 Å². The van der Waals surface area contributed by atoms with Crippen molar-refractivity contribution in [3.8, 4) is 11.5 Å². The first-order valence-electron chi connectivity index (χ1n) is 8.42. The Balaban J connectivity index is 2.62. The van der Waals surface area contributed by atoms with E-state index in [-0.39, 0.29) is 23.6 Å². The maximum atomic E-state index is 13.1. The third kappa shape index (κ3) is 3.10. The minimum Gasteiger partial charge on any atom is -0.496 e. The minimum absolute atomic E-state index is 0.120. The number of aliphatic carboxylic acids is 1. The molecule has 0 saturated heterocycles. The van der Waals surface area contributed by atoms with Crippen molar-refractivity contribution < 1.29 is 19.4 Å². The average Bonchev–Trinajstić information content (AvgIpc) is 2.63. The van der Waals surface area contributed by atoms with E-state index in [4.69, 9.17) is 21.1 Å². The molecule has 1 N–H and O–H groups in total. The number of hydrogen-bond acceptors (Lipinski definition) is 4. The summed E-state index contributed by atoms with van der Waals surface area (Å²) < 4.78 is 12.4. The van der Waals surface area contributed by atoms with Crippen molar-refractivity contribution in [2.24, 2.45) is 0 Å². The number of hydrogen-bond donors (Lipinski definition) is 1. The molecule has 0 fully saturated rings. The molecular weight excluding hydrogens is 370 g/mol. The number of halogens is 1. The van der Waals surface area contributed by atoms with Crippen LogP contribution in [0.4, 0.5) is 0 Å². The molecule has 0 atom stereocenters. The van der Waals surface area contributed by atoms with Crippen molar-refractivity contribution in [3.63, 3.8) is 0 Å². The number of carbonyl (C=O) groups is 1. The quantitative estimate of drug-likeness (QED) is 0.666. The summed E-state index contributed by atoms with van der Waals surface area (Å²) in [7, 11) is 2.99. The summed E-state index contributed by atoms with van der Waals surface area (Å²) in [6.45, 7) is 3.66. The van der Waals surface area contributed by atoms with Gasteiger partial charge in [-0.25, -0.2) is 0 Å². The molecule has 3 aromatic rings. The standard InChI is InChI=1S/C20H20ClNO5/c1-10(2)12-7-15-13(8-16(12)26-3)19(25)11-5-6-14(21)20(27-4)18(11)22(15)9-17(23)24/h5-8,10H,9H2,1-4H3,(H,23,24). The molecule has 7 heteroatoms. The number of pyridine rings is 1. The molecule has 2 aromatic carbocycles. The lowest BCUT2D eigenvalue weighted by Crippen LogP contribution is -2.17. The van der Waals surface area contributed by atoms with E-state index in [1.165, 1.54) is 7.11 Å². The number of carboxylic acids is 1. The van der Waals surface area contributed by atoms with Crippen LogP contribution in [-0.2, 0) is 11.3 Å². The highest BCUT2D eigenvalue weighted by molar-refractivity contribution is 6.33. The van der Waals surface area contributed by atoms with E-state index in [0.29, 0.717) is 32.6 Å². The molecule has 0 spiro atoms. The zero-order chi connectivity index (χ0) is 19.9. The van der Waals surface area contributed by atoms with Gasteiger partial charge in [0.15, 0.2) is 11.2 Å². The summed E-state index contributed by atoms with van der Waals surface area (Å²) in [6, 6.07) is 6.64. The smallest absolute Gasteiger partial charge is 0.323 e. The molecule has 1 aromatic heterocycles. The number of carboxylic acid groups (broad SMARTS) is 1. The van der Waals surface area contributed by atoms with Crippen LogP contribution in [0, 0.1) is 0 Å². The first-order chi connectivity index (χ1) is 12.8. The van der Waals surface area contributed by atoms with E-state index in [9.17, 15) is 14.7 Å². The molecule has 0 radical (unpaired) electrons. The predicted molar refractivity (Wildman–Crippen MR) is 106 cm³/mol. The summed E-state index contributed by atoms with van der Waals surface area (Å²) >= 11 is 6.24. The maximum absolute atomic E-state index is 13.1. The molecule has 0 amide bonds. The van der Waals surface area contributed by atoms with Crippen LogP contribution in [0.3, 0.4) is 0 Å². The molecule has 0 bridgehead atoms. The first kappa shape index (κ1) is 19.0. The van der Waals surface area contributed by atoms with E-state index in [1.54, 1.807) is 29.9 Å². The van der Waals surface area contributed by atoms with Crippen LogP contribution >= 0.6 is 11.6 Å². The van der Waals surface area contributed by atoms with E-state index in [2.05, 4.69) is 0 Å². The molecule has 0 aliphatic heterocycles. The van der Waals surface area contributed by atoms with E-state index in [1.807, 2.05) is 19.9 Å². The summed E-state index contributed by atoms with van der Waals surface area (Å²) in [6.07, 6.45) is 0. The van der Waals surface area contributed by atoms with Crippen molar-refractivity contribution in [2.45, 2.75) is 26.3 Å². The fourth-order valence-electron chi connectivity index (χ4n) is 3.37. The van der Waals surface area contributed by atoms with Gasteiger partial charge in [0, 0.05) is 0 Å². The topological polar surface area (TPSA) is 77.8 Å². The lowest BCUT2D eigenvalue weighted by molar-refractivity contribution is -0.137. The fraction of sp³-hybridized carbons (Fsp3) is 0.300. The van der Waals surface area contributed by atoms with Gasteiger partial charge in [0.05, 0.1) is 41.0 Å². The summed E-state index contributed by atoms with van der Waals surface area (Å²) in [5, 5.41) is 10.5. The van der Waals surface area contributed by atoms with Crippen molar-refractivity contribution >= 4 is 39.4 Å². The maximum Gasteiger partial charge on any atom is 0.323 e. The van der Waals surface area contributed by atoms with Crippen LogP contribution in [0.15, 0.2) is 29.1 Å². The molecule has 142 valence electrons. The van der Waals surface area contributed by atoms with Crippen molar-refractivity contribution in [2.75, 3.05) is 14.2 Å². The summed E-state index contributed by atoms with van der Waals surface area (Å²) in [5.41, 5.74) is 1.51. The normalized spacial score (nSPS) is 11.3. The van der Waals surface area contributed by atoms with Gasteiger partial charge in [0.25, 0.3) is 0 Å². The molecule has 0 aliphatic rings. The number of ether oxygens (including phenoxy) is 2. The SMILES string of the molecule is COc1cc2c(=O)c3ccc(Cl)c(OC)c3n(CC(=O)O)c2cc1C(C)C. The molecule has 6 nitrogen and oxygen atoms in total. The summed E-state index contributed by atoms with van der Waals surface area (Å²) in [5.74, 6) is -0.0482. The highest BCUT2D eigenvalue weighted by atomic mass is 35.5. The van der Waals surface area contributed by atoms with Gasteiger partial charge < -0.3 is 19.1 Å². The number of benzene rings is 2. The highest BCUT2D eigenvalue weighted by Gasteiger charge is 2.21. The van der Waals surface area contributed by atoms with Crippen LogP contribution in [0.5, 0.6) is 11.5 Å². The van der Waals surface area contributed by atoms with Gasteiger partial charge in [-0.05, 0) is 35.7 Å². The monoisotopic (exact) mass is 389 g/mol. The Morgan fingerprint density at radius 2 is 1.89 bits per heavy atom. The van der Waals surface area contributed by atoms with Crippen LogP contribution in [0.2, 0.25) is 5.02 Å². The number of methoxy groups -OCH3 is 2. The lowest BCUT2D eigenvalue weighted by atomic mass is 9.98. The molecular formula is C20H20ClNO5. The van der Waals surface area contributed by atoms with Crippen LogP contribution in [-0.4, -0.2) is 29.9 Å². The molecule has 0 aliphatic carbocycles. The first-order valence-corrected chi connectivity index (χ1v) is 8.80. The minimum atomic E-state index is -1.04. The van der Waals surface area contributed by atoms with Crippen LogP contribution in [0.1, 0.15) is 25.3 Å². The second-order valence-electron chi connectivity index (χ2n) is 6.55. The lowest BCUT2D eigenvalue weighted by Gasteiger charge is -2.19. The third-order valence-corrected chi connectivity index (χ3v) is 4.90. The van der Waals surface area contributed by atoms with Gasteiger partial charge in [-0.2, -0.15) is 0 Å². The molecule has 0 saturated carbocycles. The Morgan fingerprint density at radius 3 is 2.44 bits per heavy atom. The fourth-order valence-corrected chi connectivity index (χ4v) is 3.60. The predicted octanol–water partition coefficient (Wildman–Crippen LogP) is 4.03. The largest absolute Gasteiger partial charge is 0.496 e. The van der Waals surface area contributed by atoms with E-state index >= 15 is 0 Å². The van der Waals surface area contributed by atoms with Gasteiger partial charge in [0.2, 0.25) is 0 Å². The molecule has 1 heterocycles. The van der Waals surface area contributed by atoms with Crippen molar-refractivity contribution in [1.82, 2.24) is 4.57 Å². The zero-order valence-corrected chi connectivity index (χ0v) is 16.3. The zero-order valence-electron chi connectivity index (χ0n) is 15.5. The Morgan fingerprint density at radius 1 is 1.19 bits per heavy atom. The number of nitrogens with zero attached hydrogens (tertiary/aromatic N) is 1. The Bertz CT molecular complexity index is 1120. The number of aromatic nitrogens is 1. The third-order valence-electron chi connectivity index (χ3n) is 4.60. The molecule has 0 unspecified atom stereocenters. The van der Waals surface area contributed by atoms with Gasteiger partial charge >= 0.3 is 5.97 Å². The number of fused-ring (bicyclic) bond motifs is 2. The van der Waals surface area contributed by atoms with Crippen LogP contribution < -0.4 is 14.9 Å².